The van der Waals surface area contributed by atoms with Crippen molar-refractivity contribution in [2.24, 2.45) is 0 Å². The monoisotopic (exact) mass is 442 g/mol. The third-order valence-corrected chi connectivity index (χ3v) is 5.68. The number of benzene rings is 3. The number of nitrogens with zero attached hydrogens (tertiary/aromatic N) is 2. The summed E-state index contributed by atoms with van der Waals surface area (Å²) < 4.78 is 0. The predicted octanol–water partition coefficient (Wildman–Crippen LogP) is 5.89. The van der Waals surface area contributed by atoms with E-state index in [1.807, 2.05) is 79.2 Å². The number of fused-ring (bicyclic) bond motifs is 1. The molecular formula is C29H22N4O. The Bertz CT molecular complexity index is 1370. The van der Waals surface area contributed by atoms with Gasteiger partial charge in [-0.15, -0.1) is 0 Å². The highest BCUT2D eigenvalue weighted by Crippen LogP contribution is 2.38. The molecule has 2 heterocycles. The highest BCUT2D eigenvalue weighted by Gasteiger charge is 2.28. The lowest BCUT2D eigenvalue weighted by Gasteiger charge is -2.17. The van der Waals surface area contributed by atoms with Crippen LogP contribution in [-0.4, -0.2) is 10.8 Å². The zero-order valence-electron chi connectivity index (χ0n) is 18.4. The second kappa shape index (κ2) is 9.35. The van der Waals surface area contributed by atoms with E-state index in [0.29, 0.717) is 22.5 Å². The van der Waals surface area contributed by atoms with Crippen LogP contribution in [0.2, 0.25) is 0 Å². The summed E-state index contributed by atoms with van der Waals surface area (Å²) in [5.41, 5.74) is 6.09. The zero-order chi connectivity index (χ0) is 23.3. The molecule has 3 aromatic rings. The maximum absolute atomic E-state index is 13.0. The van der Waals surface area contributed by atoms with Gasteiger partial charge in [0.25, 0.3) is 5.91 Å². The van der Waals surface area contributed by atoms with Crippen molar-refractivity contribution < 1.29 is 4.79 Å². The van der Waals surface area contributed by atoms with E-state index < -0.39 is 0 Å². The molecule has 5 nitrogen and oxygen atoms in total. The molecule has 0 spiro atoms. The van der Waals surface area contributed by atoms with E-state index in [4.69, 9.17) is 0 Å². The quantitative estimate of drug-likeness (QED) is 0.484. The van der Waals surface area contributed by atoms with Crippen LogP contribution in [0.3, 0.4) is 0 Å². The summed E-state index contributed by atoms with van der Waals surface area (Å²) >= 11 is 0. The Hall–Kier alpha value is -4.82. The summed E-state index contributed by atoms with van der Waals surface area (Å²) in [6.45, 7) is 0.758. The van der Waals surface area contributed by atoms with Gasteiger partial charge in [-0.2, -0.15) is 5.26 Å². The van der Waals surface area contributed by atoms with Crippen LogP contribution in [0.25, 0.3) is 11.3 Å². The molecule has 1 amide bonds. The standard InChI is InChI=1S/C29H22N4O/c30-19-22-12-15-26-25(18-22)27(29(34)32-26)28(23-8-4-3-5-9-23)31-24-13-10-21(11-14-24)20-33-16-6-1-2-7-17-33/h1-18,31H,20H2,(H,32,34). The summed E-state index contributed by atoms with van der Waals surface area (Å²) in [5, 5.41) is 15.8. The van der Waals surface area contributed by atoms with Gasteiger partial charge in [-0.1, -0.05) is 54.6 Å². The molecule has 0 aromatic heterocycles. The van der Waals surface area contributed by atoms with Gasteiger partial charge < -0.3 is 15.5 Å². The Morgan fingerprint density at radius 3 is 2.35 bits per heavy atom. The van der Waals surface area contributed by atoms with E-state index in [9.17, 15) is 10.1 Å². The highest BCUT2D eigenvalue weighted by molar-refractivity contribution is 6.37. The largest absolute Gasteiger partial charge is 0.354 e. The second-order valence-corrected chi connectivity index (χ2v) is 8.00. The molecule has 2 aliphatic rings. The SMILES string of the molecule is N#Cc1ccc2c(c1)C(=C(Nc1ccc(CN3C=CC=CC=C3)cc1)c1ccccc1)C(=O)N2. The number of nitrogens with one attached hydrogen (secondary N) is 2. The first-order chi connectivity index (χ1) is 16.7. The van der Waals surface area contributed by atoms with Crippen LogP contribution in [0.4, 0.5) is 11.4 Å². The number of amides is 1. The van der Waals surface area contributed by atoms with Gasteiger partial charge in [0.15, 0.2) is 0 Å². The van der Waals surface area contributed by atoms with Gasteiger partial charge in [0.2, 0.25) is 0 Å². The summed E-state index contributed by atoms with van der Waals surface area (Å²) in [5.74, 6) is -0.193. The van der Waals surface area contributed by atoms with Crippen LogP contribution in [0.15, 0.2) is 110 Å². The van der Waals surface area contributed by atoms with Crippen molar-refractivity contribution in [2.45, 2.75) is 6.54 Å². The molecule has 0 bridgehead atoms. The Balaban J connectivity index is 1.49. The number of hydrogen-bond acceptors (Lipinski definition) is 4. The number of allylic oxidation sites excluding steroid dienone is 4. The third kappa shape index (κ3) is 4.38. The fourth-order valence-corrected chi connectivity index (χ4v) is 4.02. The molecule has 5 rings (SSSR count). The predicted molar refractivity (Wildman–Crippen MR) is 136 cm³/mol. The molecule has 2 N–H and O–H groups in total. The van der Waals surface area contributed by atoms with Gasteiger partial charge in [-0.05, 0) is 53.6 Å². The van der Waals surface area contributed by atoms with Crippen molar-refractivity contribution in [1.82, 2.24) is 4.90 Å². The van der Waals surface area contributed by atoms with Crippen LogP contribution in [0, 0.1) is 11.3 Å². The number of anilines is 2. The summed E-state index contributed by atoms with van der Waals surface area (Å²) in [7, 11) is 0. The van der Waals surface area contributed by atoms with Gasteiger partial charge in [0.05, 0.1) is 22.9 Å². The number of carbonyl (C=O) groups is 1. The molecular weight excluding hydrogens is 420 g/mol. The van der Waals surface area contributed by atoms with E-state index in [-0.39, 0.29) is 5.91 Å². The Kier molecular flexibility index (Phi) is 5.79. The van der Waals surface area contributed by atoms with Crippen molar-refractivity contribution in [2.75, 3.05) is 10.6 Å². The van der Waals surface area contributed by atoms with E-state index >= 15 is 0 Å². The molecule has 34 heavy (non-hydrogen) atoms. The van der Waals surface area contributed by atoms with Crippen molar-refractivity contribution in [3.63, 3.8) is 0 Å². The maximum atomic E-state index is 13.0. The maximum Gasteiger partial charge on any atom is 0.258 e. The Morgan fingerprint density at radius 1 is 0.912 bits per heavy atom. The average molecular weight is 443 g/mol. The van der Waals surface area contributed by atoms with Gasteiger partial charge in [0, 0.05) is 35.9 Å². The third-order valence-electron chi connectivity index (χ3n) is 5.68. The topological polar surface area (TPSA) is 68.2 Å². The molecule has 0 atom stereocenters. The molecule has 0 radical (unpaired) electrons. The van der Waals surface area contributed by atoms with E-state index in [0.717, 1.165) is 23.4 Å². The first-order valence-corrected chi connectivity index (χ1v) is 11.0. The van der Waals surface area contributed by atoms with Gasteiger partial charge in [0.1, 0.15) is 0 Å². The molecule has 0 aliphatic carbocycles. The van der Waals surface area contributed by atoms with Crippen LogP contribution < -0.4 is 10.6 Å². The van der Waals surface area contributed by atoms with Gasteiger partial charge in [-0.3, -0.25) is 4.79 Å². The summed E-state index contributed by atoms with van der Waals surface area (Å²) in [6, 6.07) is 25.3. The van der Waals surface area contributed by atoms with E-state index in [1.165, 1.54) is 5.56 Å². The molecule has 3 aromatic carbocycles. The second-order valence-electron chi connectivity index (χ2n) is 8.00. The lowest BCUT2D eigenvalue weighted by molar-refractivity contribution is -0.110. The fraction of sp³-hybridized carbons (Fsp3) is 0.0345. The lowest BCUT2D eigenvalue weighted by Crippen LogP contribution is -2.10. The molecule has 5 heteroatoms. The first kappa shape index (κ1) is 21.0. The minimum Gasteiger partial charge on any atom is -0.354 e. The molecule has 0 saturated carbocycles. The van der Waals surface area contributed by atoms with E-state index in [1.54, 1.807) is 18.2 Å². The lowest BCUT2D eigenvalue weighted by atomic mass is 9.98. The summed E-state index contributed by atoms with van der Waals surface area (Å²) in [6.07, 6.45) is 12.1. The minimum atomic E-state index is -0.193. The van der Waals surface area contributed by atoms with Gasteiger partial charge in [-0.25, -0.2) is 0 Å². The van der Waals surface area contributed by atoms with Gasteiger partial charge >= 0.3 is 0 Å². The van der Waals surface area contributed by atoms with Crippen molar-refractivity contribution >= 4 is 28.6 Å². The molecule has 164 valence electrons. The minimum absolute atomic E-state index is 0.193. The number of hydrogen-bond donors (Lipinski definition) is 2. The van der Waals surface area contributed by atoms with Crippen molar-refractivity contribution in [3.05, 3.63) is 132 Å². The first-order valence-electron chi connectivity index (χ1n) is 11.0. The zero-order valence-corrected chi connectivity index (χ0v) is 18.4. The smallest absolute Gasteiger partial charge is 0.258 e. The number of nitriles is 1. The van der Waals surface area contributed by atoms with Crippen molar-refractivity contribution in [3.8, 4) is 6.07 Å². The summed E-state index contributed by atoms with van der Waals surface area (Å²) in [4.78, 5) is 15.1. The van der Waals surface area contributed by atoms with Crippen LogP contribution in [0.1, 0.15) is 22.3 Å². The molecule has 2 aliphatic heterocycles. The fourth-order valence-electron chi connectivity index (χ4n) is 4.02. The van der Waals surface area contributed by atoms with E-state index in [2.05, 4.69) is 33.7 Å². The van der Waals surface area contributed by atoms with Crippen molar-refractivity contribution in [1.29, 1.82) is 5.26 Å². The van der Waals surface area contributed by atoms with Crippen LogP contribution >= 0.6 is 0 Å². The average Bonchev–Trinajstić information content (AvgIpc) is 3.01. The molecule has 0 fully saturated rings. The molecule has 0 unspecified atom stereocenters. The highest BCUT2D eigenvalue weighted by atomic mass is 16.2. The van der Waals surface area contributed by atoms with Crippen LogP contribution in [-0.2, 0) is 11.3 Å². The normalized spacial score (nSPS) is 15.4. The number of carbonyl (C=O) groups excluding carboxylic acids is 1. The van der Waals surface area contributed by atoms with Crippen LogP contribution in [0.5, 0.6) is 0 Å². The Morgan fingerprint density at radius 2 is 1.65 bits per heavy atom. The molecule has 0 saturated heterocycles. The number of rotatable bonds is 5. The Labute approximate surface area is 198 Å².